The molecule has 3 rings (SSSR count). The summed E-state index contributed by atoms with van der Waals surface area (Å²) in [6.07, 6.45) is 6.42. The third-order valence-electron chi connectivity index (χ3n) is 4.58. The molecule has 1 aromatic carbocycles. The molecule has 7 nitrogen and oxygen atoms in total. The van der Waals surface area contributed by atoms with E-state index in [1.807, 2.05) is 6.92 Å². The monoisotopic (exact) mass is 372 g/mol. The molecule has 0 radical (unpaired) electrons. The van der Waals surface area contributed by atoms with Crippen molar-refractivity contribution in [3.8, 4) is 11.5 Å². The quantitative estimate of drug-likeness (QED) is 0.810. The molecule has 1 amide bonds. The summed E-state index contributed by atoms with van der Waals surface area (Å²) in [5.74, 6) is 1.36. The molecule has 1 aromatic heterocycles. The molecule has 0 unspecified atom stereocenters. The van der Waals surface area contributed by atoms with Crippen LogP contribution in [-0.4, -0.2) is 42.2 Å². The third-order valence-corrected chi connectivity index (χ3v) is 4.58. The molecule has 0 bridgehead atoms. The summed E-state index contributed by atoms with van der Waals surface area (Å²) in [4.78, 5) is 21.5. The molecule has 2 atom stereocenters. The van der Waals surface area contributed by atoms with Crippen LogP contribution < -0.4 is 20.1 Å². The Balaban J connectivity index is 0.00000261. The third kappa shape index (κ3) is 4.67. The SMILES string of the molecule is C.COc1cccc(OC)c1C(=O)N[C@H]1CCC[C@@H]1Nc1ncc(C)cn1. The Morgan fingerprint density at radius 1 is 1.07 bits per heavy atom. The molecule has 0 saturated heterocycles. The van der Waals surface area contributed by atoms with Crippen LogP contribution in [0.5, 0.6) is 11.5 Å². The number of aromatic nitrogens is 2. The molecular weight excluding hydrogens is 344 g/mol. The number of amides is 1. The number of ether oxygens (including phenoxy) is 2. The summed E-state index contributed by atoms with van der Waals surface area (Å²) in [6.45, 7) is 1.95. The fraction of sp³-hybridized carbons (Fsp3) is 0.450. The molecule has 2 aromatic rings. The van der Waals surface area contributed by atoms with Gasteiger partial charge in [0.2, 0.25) is 5.95 Å². The first kappa shape index (κ1) is 20.5. The zero-order valence-electron chi connectivity index (χ0n) is 15.3. The van der Waals surface area contributed by atoms with Crippen molar-refractivity contribution in [2.45, 2.75) is 45.7 Å². The van der Waals surface area contributed by atoms with Crippen LogP contribution >= 0.6 is 0 Å². The Kier molecular flexibility index (Phi) is 6.98. The maximum Gasteiger partial charge on any atom is 0.259 e. The highest BCUT2D eigenvalue weighted by molar-refractivity contribution is 6.00. The summed E-state index contributed by atoms with van der Waals surface area (Å²) in [7, 11) is 3.08. The predicted octanol–water partition coefficient (Wildman–Crippen LogP) is 3.20. The molecule has 0 spiro atoms. The Hall–Kier alpha value is -2.83. The summed E-state index contributed by atoms with van der Waals surface area (Å²) in [6, 6.07) is 5.37. The summed E-state index contributed by atoms with van der Waals surface area (Å²) in [5, 5.41) is 6.44. The lowest BCUT2D eigenvalue weighted by molar-refractivity contribution is 0.0929. The molecule has 2 N–H and O–H groups in total. The zero-order chi connectivity index (χ0) is 18.5. The van der Waals surface area contributed by atoms with Crippen molar-refractivity contribution in [2.24, 2.45) is 0 Å². The smallest absolute Gasteiger partial charge is 0.259 e. The van der Waals surface area contributed by atoms with E-state index < -0.39 is 0 Å². The van der Waals surface area contributed by atoms with Gasteiger partial charge < -0.3 is 20.1 Å². The van der Waals surface area contributed by atoms with E-state index in [1.165, 1.54) is 0 Å². The van der Waals surface area contributed by atoms with Gasteiger partial charge in [0.1, 0.15) is 17.1 Å². The van der Waals surface area contributed by atoms with Crippen LogP contribution in [0.15, 0.2) is 30.6 Å². The number of hydrogen-bond acceptors (Lipinski definition) is 6. The number of aryl methyl sites for hydroxylation is 1. The number of benzene rings is 1. The first-order valence-corrected chi connectivity index (χ1v) is 8.69. The minimum Gasteiger partial charge on any atom is -0.496 e. The number of methoxy groups -OCH3 is 2. The number of nitrogens with zero attached hydrogens (tertiary/aromatic N) is 2. The predicted molar refractivity (Wildman–Crippen MR) is 106 cm³/mol. The van der Waals surface area contributed by atoms with Crippen molar-refractivity contribution in [2.75, 3.05) is 19.5 Å². The summed E-state index contributed by atoms with van der Waals surface area (Å²) in [5.41, 5.74) is 1.42. The molecule has 0 aliphatic heterocycles. The van der Waals surface area contributed by atoms with Gasteiger partial charge in [0.05, 0.1) is 14.2 Å². The molecule has 1 fully saturated rings. The highest BCUT2D eigenvalue weighted by atomic mass is 16.5. The van der Waals surface area contributed by atoms with E-state index in [0.717, 1.165) is 24.8 Å². The first-order chi connectivity index (χ1) is 12.6. The number of hydrogen-bond donors (Lipinski definition) is 2. The van der Waals surface area contributed by atoms with Crippen molar-refractivity contribution in [3.05, 3.63) is 41.7 Å². The summed E-state index contributed by atoms with van der Waals surface area (Å²) < 4.78 is 10.7. The molecule has 1 saturated carbocycles. The Bertz CT molecular complexity index is 742. The van der Waals surface area contributed by atoms with Crippen molar-refractivity contribution in [1.29, 1.82) is 0 Å². The van der Waals surface area contributed by atoms with E-state index in [1.54, 1.807) is 44.8 Å². The Labute approximate surface area is 160 Å². The van der Waals surface area contributed by atoms with Crippen LogP contribution in [0.1, 0.15) is 42.6 Å². The number of anilines is 1. The topological polar surface area (TPSA) is 85.4 Å². The van der Waals surface area contributed by atoms with Crippen molar-refractivity contribution in [3.63, 3.8) is 0 Å². The fourth-order valence-corrected chi connectivity index (χ4v) is 3.25. The van der Waals surface area contributed by atoms with Crippen molar-refractivity contribution in [1.82, 2.24) is 15.3 Å². The lowest BCUT2D eigenvalue weighted by Crippen LogP contribution is -2.43. The van der Waals surface area contributed by atoms with Crippen molar-refractivity contribution >= 4 is 11.9 Å². The molecule has 146 valence electrons. The first-order valence-electron chi connectivity index (χ1n) is 8.69. The molecule has 7 heteroatoms. The van der Waals surface area contributed by atoms with Crippen LogP contribution in [-0.2, 0) is 0 Å². The van der Waals surface area contributed by atoms with Gasteiger partial charge in [-0.05, 0) is 43.9 Å². The van der Waals surface area contributed by atoms with Crippen LogP contribution in [0.2, 0.25) is 0 Å². The highest BCUT2D eigenvalue weighted by Crippen LogP contribution is 2.29. The van der Waals surface area contributed by atoms with Crippen LogP contribution in [0.25, 0.3) is 0 Å². The van der Waals surface area contributed by atoms with Gasteiger partial charge >= 0.3 is 0 Å². The van der Waals surface area contributed by atoms with Gasteiger partial charge in [0.25, 0.3) is 5.91 Å². The minimum absolute atomic E-state index is 0. The zero-order valence-corrected chi connectivity index (χ0v) is 15.3. The second-order valence-electron chi connectivity index (χ2n) is 6.38. The molecule has 27 heavy (non-hydrogen) atoms. The van der Waals surface area contributed by atoms with E-state index in [0.29, 0.717) is 23.0 Å². The molecule has 1 heterocycles. The lowest BCUT2D eigenvalue weighted by atomic mass is 10.1. The lowest BCUT2D eigenvalue weighted by Gasteiger charge is -2.23. The number of nitrogens with one attached hydrogen (secondary N) is 2. The normalized spacial score (nSPS) is 18.3. The van der Waals surface area contributed by atoms with Crippen molar-refractivity contribution < 1.29 is 14.3 Å². The number of rotatable bonds is 6. The molecule has 1 aliphatic carbocycles. The minimum atomic E-state index is -0.206. The molecular formula is C20H28N4O3. The van der Waals surface area contributed by atoms with Crippen LogP contribution in [0.3, 0.4) is 0 Å². The van der Waals surface area contributed by atoms with Gasteiger partial charge in [-0.15, -0.1) is 0 Å². The van der Waals surface area contributed by atoms with Crippen LogP contribution in [0, 0.1) is 6.92 Å². The van der Waals surface area contributed by atoms with Crippen LogP contribution in [0.4, 0.5) is 5.95 Å². The average molecular weight is 372 g/mol. The van der Waals surface area contributed by atoms with E-state index in [4.69, 9.17) is 9.47 Å². The highest BCUT2D eigenvalue weighted by Gasteiger charge is 2.31. The molecule has 1 aliphatic rings. The largest absolute Gasteiger partial charge is 0.496 e. The number of carbonyl (C=O) groups excluding carboxylic acids is 1. The standard InChI is InChI=1S/C19H24N4O3.CH4/c1-12-10-20-19(21-11-12)23-14-7-4-6-13(14)22-18(24)17-15(25-2)8-5-9-16(17)26-3;/h5,8-11,13-14H,4,6-7H2,1-3H3,(H,22,24)(H,20,21,23);1H4/t13-,14-;/m0./s1. The fourth-order valence-electron chi connectivity index (χ4n) is 3.25. The van der Waals surface area contributed by atoms with Gasteiger partial charge in [-0.25, -0.2) is 9.97 Å². The van der Waals surface area contributed by atoms with Gasteiger partial charge in [0, 0.05) is 24.5 Å². The summed E-state index contributed by atoms with van der Waals surface area (Å²) >= 11 is 0. The Morgan fingerprint density at radius 2 is 1.67 bits per heavy atom. The second-order valence-corrected chi connectivity index (χ2v) is 6.38. The van der Waals surface area contributed by atoms with Gasteiger partial charge in [-0.2, -0.15) is 0 Å². The average Bonchev–Trinajstić information content (AvgIpc) is 3.09. The number of carbonyl (C=O) groups is 1. The second kappa shape index (κ2) is 9.21. The van der Waals surface area contributed by atoms with Gasteiger partial charge in [-0.3, -0.25) is 4.79 Å². The van der Waals surface area contributed by atoms with E-state index in [2.05, 4.69) is 20.6 Å². The van der Waals surface area contributed by atoms with E-state index in [-0.39, 0.29) is 25.4 Å². The maximum atomic E-state index is 12.9. The van der Waals surface area contributed by atoms with E-state index >= 15 is 0 Å². The Morgan fingerprint density at radius 3 is 2.26 bits per heavy atom. The maximum absolute atomic E-state index is 12.9. The van der Waals surface area contributed by atoms with E-state index in [9.17, 15) is 4.79 Å². The van der Waals surface area contributed by atoms with Gasteiger partial charge in [-0.1, -0.05) is 13.5 Å². The van der Waals surface area contributed by atoms with Gasteiger partial charge in [0.15, 0.2) is 0 Å².